The standard InChI is InChI=1S/C25H37NO5S/c1-15-10-8-6-7-9-11-22(16(2)12-20-14-32-19(5)26-20)31-23(28)13-21(27)17(3)25(30)18(4)24(15)29/h7,9,12,14-15,17-18,21-22,24,27,29H,6,8,10-11,13H2,1-5H3/b9-7-,16-12+/t15-,17+,18+,21-,22-,24?/m0/s1. The third-order valence-electron chi connectivity index (χ3n) is 6.29. The van der Waals surface area contributed by atoms with Gasteiger partial charge in [0.1, 0.15) is 11.9 Å². The topological polar surface area (TPSA) is 96.7 Å². The van der Waals surface area contributed by atoms with Crippen LogP contribution in [-0.4, -0.2) is 45.3 Å². The van der Waals surface area contributed by atoms with E-state index in [0.717, 1.165) is 35.5 Å². The van der Waals surface area contributed by atoms with Crippen molar-refractivity contribution in [3.8, 4) is 0 Å². The molecule has 0 bridgehead atoms. The molecule has 0 aromatic carbocycles. The summed E-state index contributed by atoms with van der Waals surface area (Å²) in [6, 6.07) is 0. The number of ether oxygens (including phenoxy) is 1. The zero-order valence-corrected chi connectivity index (χ0v) is 20.6. The number of allylic oxidation sites excluding steroid dienone is 1. The predicted octanol–water partition coefficient (Wildman–Crippen LogP) is 4.49. The second kappa shape index (κ2) is 12.4. The number of aromatic nitrogens is 1. The first kappa shape index (κ1) is 26.4. The molecule has 0 amide bonds. The molecule has 0 saturated carbocycles. The van der Waals surface area contributed by atoms with Crippen LogP contribution < -0.4 is 0 Å². The Morgan fingerprint density at radius 3 is 2.56 bits per heavy atom. The normalized spacial score (nSPS) is 33.0. The Morgan fingerprint density at radius 2 is 1.91 bits per heavy atom. The molecule has 1 aromatic heterocycles. The van der Waals surface area contributed by atoms with Crippen molar-refractivity contribution in [2.45, 2.75) is 85.0 Å². The highest BCUT2D eigenvalue weighted by atomic mass is 32.1. The van der Waals surface area contributed by atoms with Gasteiger partial charge in [0.25, 0.3) is 0 Å². The molecule has 32 heavy (non-hydrogen) atoms. The van der Waals surface area contributed by atoms with E-state index < -0.39 is 36.1 Å². The summed E-state index contributed by atoms with van der Waals surface area (Å²) < 4.78 is 5.71. The minimum Gasteiger partial charge on any atom is -0.457 e. The molecule has 2 rings (SSSR count). The van der Waals surface area contributed by atoms with E-state index in [1.165, 1.54) is 0 Å². The van der Waals surface area contributed by atoms with Crippen LogP contribution in [0.25, 0.3) is 6.08 Å². The van der Waals surface area contributed by atoms with Crippen molar-refractivity contribution in [3.63, 3.8) is 0 Å². The molecular weight excluding hydrogens is 426 g/mol. The summed E-state index contributed by atoms with van der Waals surface area (Å²) in [6.45, 7) is 9.10. The molecule has 6 nitrogen and oxygen atoms in total. The van der Waals surface area contributed by atoms with Crippen LogP contribution in [0, 0.1) is 24.7 Å². The minimum atomic E-state index is -1.16. The van der Waals surface area contributed by atoms with E-state index in [4.69, 9.17) is 4.74 Å². The lowest BCUT2D eigenvalue weighted by Gasteiger charge is -2.28. The van der Waals surface area contributed by atoms with Gasteiger partial charge in [-0.05, 0) is 50.7 Å². The molecular formula is C25H37NO5S. The highest BCUT2D eigenvalue weighted by molar-refractivity contribution is 7.09. The van der Waals surface area contributed by atoms with Crippen molar-refractivity contribution >= 4 is 29.2 Å². The predicted molar refractivity (Wildman–Crippen MR) is 127 cm³/mol. The Labute approximate surface area is 195 Å². The van der Waals surface area contributed by atoms with Crippen LogP contribution in [-0.2, 0) is 14.3 Å². The summed E-state index contributed by atoms with van der Waals surface area (Å²) in [6.07, 6.45) is 6.41. The number of esters is 1. The summed E-state index contributed by atoms with van der Waals surface area (Å²) in [5.74, 6) is -2.17. The molecule has 1 aliphatic rings. The fourth-order valence-electron chi connectivity index (χ4n) is 3.99. The Kier molecular flexibility index (Phi) is 10.3. The van der Waals surface area contributed by atoms with Crippen molar-refractivity contribution in [1.29, 1.82) is 0 Å². The molecule has 2 N–H and O–H groups in total. The Morgan fingerprint density at radius 1 is 1.19 bits per heavy atom. The summed E-state index contributed by atoms with van der Waals surface area (Å²) >= 11 is 1.56. The van der Waals surface area contributed by atoms with Crippen LogP contribution >= 0.6 is 11.3 Å². The van der Waals surface area contributed by atoms with Gasteiger partial charge in [-0.25, -0.2) is 4.98 Å². The van der Waals surface area contributed by atoms with Crippen molar-refractivity contribution in [2.75, 3.05) is 0 Å². The average Bonchev–Trinajstić information content (AvgIpc) is 3.16. The van der Waals surface area contributed by atoms with Crippen molar-refractivity contribution < 1.29 is 24.5 Å². The maximum atomic E-state index is 12.8. The van der Waals surface area contributed by atoms with Gasteiger partial charge in [-0.2, -0.15) is 0 Å². The number of aliphatic hydroxyl groups is 2. The number of thiazole rings is 1. The van der Waals surface area contributed by atoms with Crippen LogP contribution in [0.15, 0.2) is 23.1 Å². The second-order valence-electron chi connectivity index (χ2n) is 9.02. The molecule has 2 heterocycles. The average molecular weight is 464 g/mol. The number of carbonyl (C=O) groups excluding carboxylic acids is 2. The lowest BCUT2D eigenvalue weighted by molar-refractivity contribution is -0.151. The Bertz CT molecular complexity index is 830. The fourth-order valence-corrected chi connectivity index (χ4v) is 4.56. The number of Topliss-reactive ketones (excluding diaryl/α,β-unsaturated/α-hetero) is 1. The van der Waals surface area contributed by atoms with Gasteiger partial charge >= 0.3 is 5.97 Å². The number of carbonyl (C=O) groups is 2. The molecule has 1 unspecified atom stereocenters. The first-order chi connectivity index (χ1) is 15.1. The number of ketones is 1. The van der Waals surface area contributed by atoms with Crippen LogP contribution in [0.4, 0.5) is 0 Å². The number of hydrogen-bond donors (Lipinski definition) is 2. The third-order valence-corrected chi connectivity index (χ3v) is 7.08. The van der Waals surface area contributed by atoms with Gasteiger partial charge in [0.15, 0.2) is 0 Å². The van der Waals surface area contributed by atoms with Crippen molar-refractivity contribution in [1.82, 2.24) is 4.98 Å². The van der Waals surface area contributed by atoms with Crippen LogP contribution in [0.1, 0.15) is 70.5 Å². The molecule has 1 aromatic rings. The SMILES string of the molecule is C/C(=C\c1csc(C)n1)[C@@H]1C/C=C\CCC[C@H](C)C(O)[C@@H](C)C(=O)[C@H](C)[C@@H](O)CC(=O)O1. The highest BCUT2D eigenvalue weighted by Crippen LogP contribution is 2.25. The second-order valence-corrected chi connectivity index (χ2v) is 10.1. The molecule has 0 fully saturated rings. The van der Waals surface area contributed by atoms with Gasteiger partial charge in [-0.15, -0.1) is 11.3 Å². The largest absolute Gasteiger partial charge is 0.457 e. The van der Waals surface area contributed by atoms with Crippen molar-refractivity contribution in [2.24, 2.45) is 17.8 Å². The lowest BCUT2D eigenvalue weighted by atomic mass is 9.81. The minimum absolute atomic E-state index is 0.0240. The zero-order valence-electron chi connectivity index (χ0n) is 19.8. The molecule has 1 aliphatic heterocycles. The molecule has 0 radical (unpaired) electrons. The van der Waals surface area contributed by atoms with Gasteiger partial charge in [0, 0.05) is 23.6 Å². The molecule has 0 saturated heterocycles. The van der Waals surface area contributed by atoms with Crippen molar-refractivity contribution in [3.05, 3.63) is 33.8 Å². The fraction of sp³-hybridized carbons (Fsp3) is 0.640. The van der Waals surface area contributed by atoms with Gasteiger partial charge in [0.2, 0.25) is 0 Å². The van der Waals surface area contributed by atoms with E-state index in [1.807, 2.05) is 38.3 Å². The van der Waals surface area contributed by atoms with E-state index in [0.29, 0.717) is 6.42 Å². The van der Waals surface area contributed by atoms with Gasteiger partial charge in [0.05, 0.1) is 29.3 Å². The maximum absolute atomic E-state index is 12.8. The number of nitrogens with zero attached hydrogens (tertiary/aromatic N) is 1. The smallest absolute Gasteiger partial charge is 0.309 e. The van der Waals surface area contributed by atoms with Crippen LogP contribution in [0.2, 0.25) is 0 Å². The zero-order chi connectivity index (χ0) is 23.8. The molecule has 7 heteroatoms. The number of aryl methyl sites for hydroxylation is 1. The first-order valence-electron chi connectivity index (χ1n) is 11.4. The van der Waals surface area contributed by atoms with Gasteiger partial charge < -0.3 is 14.9 Å². The van der Waals surface area contributed by atoms with E-state index in [9.17, 15) is 19.8 Å². The molecule has 178 valence electrons. The van der Waals surface area contributed by atoms with E-state index in [1.54, 1.807) is 25.2 Å². The third kappa shape index (κ3) is 7.64. The first-order valence-corrected chi connectivity index (χ1v) is 12.3. The van der Waals surface area contributed by atoms with Gasteiger partial charge in [-0.3, -0.25) is 9.59 Å². The van der Waals surface area contributed by atoms with Gasteiger partial charge in [-0.1, -0.05) is 32.9 Å². The summed E-state index contributed by atoms with van der Waals surface area (Å²) in [5, 5.41) is 24.0. The Balaban J connectivity index is 2.21. The summed E-state index contributed by atoms with van der Waals surface area (Å²) in [4.78, 5) is 29.8. The quantitative estimate of drug-likeness (QED) is 0.496. The monoisotopic (exact) mass is 463 g/mol. The molecule has 6 atom stereocenters. The molecule has 0 aliphatic carbocycles. The van der Waals surface area contributed by atoms with E-state index in [-0.39, 0.29) is 18.1 Å². The lowest BCUT2D eigenvalue weighted by Crippen LogP contribution is -2.39. The summed E-state index contributed by atoms with van der Waals surface area (Å²) in [5.41, 5.74) is 1.70. The number of hydrogen-bond acceptors (Lipinski definition) is 7. The van der Waals surface area contributed by atoms with Crippen LogP contribution in [0.5, 0.6) is 0 Å². The van der Waals surface area contributed by atoms with E-state index >= 15 is 0 Å². The van der Waals surface area contributed by atoms with Crippen LogP contribution in [0.3, 0.4) is 0 Å². The maximum Gasteiger partial charge on any atom is 0.309 e. The van der Waals surface area contributed by atoms with E-state index in [2.05, 4.69) is 11.1 Å². The number of rotatable bonds is 2. The number of aliphatic hydroxyl groups excluding tert-OH is 2. The number of cyclic esters (lactones) is 1. The molecule has 0 spiro atoms. The highest BCUT2D eigenvalue weighted by Gasteiger charge is 2.34. The summed E-state index contributed by atoms with van der Waals surface area (Å²) in [7, 11) is 0. The Hall–Kier alpha value is -1.83.